The molecule has 0 amide bonds. The first kappa shape index (κ1) is 24.3. The minimum absolute atomic E-state index is 0. The van der Waals surface area contributed by atoms with Gasteiger partial charge in [0.1, 0.15) is 0 Å². The Hall–Kier alpha value is -1.39. The third-order valence-electron chi connectivity index (χ3n) is 6.16. The van der Waals surface area contributed by atoms with Gasteiger partial charge in [0.15, 0.2) is 5.96 Å². The number of piperidine rings is 1. The highest BCUT2D eigenvalue weighted by Gasteiger charge is 2.26. The second-order valence-corrected chi connectivity index (χ2v) is 8.63. The Labute approximate surface area is 206 Å². The van der Waals surface area contributed by atoms with E-state index in [1.54, 1.807) is 7.05 Å². The van der Waals surface area contributed by atoms with E-state index >= 15 is 0 Å². The van der Waals surface area contributed by atoms with Crippen molar-refractivity contribution in [2.24, 2.45) is 4.99 Å². The first-order valence-corrected chi connectivity index (χ1v) is 11.4. The van der Waals surface area contributed by atoms with E-state index < -0.39 is 0 Å². The van der Waals surface area contributed by atoms with Crippen LogP contribution in [0.2, 0.25) is 5.02 Å². The molecular weight excluding hydrogens is 527 g/mol. The third-order valence-corrected chi connectivity index (χ3v) is 6.41. The van der Waals surface area contributed by atoms with E-state index in [0.29, 0.717) is 29.3 Å². The maximum absolute atomic E-state index is 5.94. The summed E-state index contributed by atoms with van der Waals surface area (Å²) in [6, 6.07) is 8.65. The lowest BCUT2D eigenvalue weighted by Crippen LogP contribution is -2.50. The molecule has 31 heavy (non-hydrogen) atoms. The fourth-order valence-electron chi connectivity index (χ4n) is 4.45. The molecule has 1 saturated carbocycles. The van der Waals surface area contributed by atoms with Crippen LogP contribution in [-0.4, -0.2) is 53.2 Å². The van der Waals surface area contributed by atoms with Gasteiger partial charge in [0.2, 0.25) is 11.7 Å². The van der Waals surface area contributed by atoms with Crippen molar-refractivity contribution in [3.8, 4) is 11.4 Å². The van der Waals surface area contributed by atoms with Gasteiger partial charge in [-0.2, -0.15) is 4.98 Å². The molecule has 0 spiro atoms. The van der Waals surface area contributed by atoms with Crippen LogP contribution < -0.4 is 10.6 Å². The molecule has 2 fully saturated rings. The zero-order valence-electron chi connectivity index (χ0n) is 18.0. The van der Waals surface area contributed by atoms with Crippen molar-refractivity contribution in [2.75, 3.05) is 20.1 Å². The standard InChI is InChI=1S/C22H31ClN6O.HI/c1-24-22(26-18-11-13-29(14-12-18)19-5-3-2-4-6-19)25-15-20-27-21(28-30-20)16-7-9-17(23)10-8-16;/h7-10,18-19H,2-6,11-15H2,1H3,(H2,24,25,26);1H. The quantitative estimate of drug-likeness (QED) is 0.320. The number of hydrogen-bond donors (Lipinski definition) is 2. The molecule has 9 heteroatoms. The lowest BCUT2D eigenvalue weighted by molar-refractivity contribution is 0.119. The third kappa shape index (κ3) is 6.79. The maximum atomic E-state index is 5.94. The van der Waals surface area contributed by atoms with E-state index in [4.69, 9.17) is 16.1 Å². The Morgan fingerprint density at radius 2 is 1.84 bits per heavy atom. The van der Waals surface area contributed by atoms with Crippen LogP contribution in [0.15, 0.2) is 33.8 Å². The number of aliphatic imine (C=N–C) groups is 1. The van der Waals surface area contributed by atoms with Crippen LogP contribution in [0.3, 0.4) is 0 Å². The van der Waals surface area contributed by atoms with E-state index in [-0.39, 0.29) is 24.0 Å². The fourth-order valence-corrected chi connectivity index (χ4v) is 4.57. The van der Waals surface area contributed by atoms with Crippen molar-refractivity contribution in [1.82, 2.24) is 25.7 Å². The van der Waals surface area contributed by atoms with E-state index in [1.807, 2.05) is 24.3 Å². The normalized spacial score (nSPS) is 19.1. The van der Waals surface area contributed by atoms with Gasteiger partial charge in [-0.1, -0.05) is 36.0 Å². The Morgan fingerprint density at radius 3 is 2.52 bits per heavy atom. The van der Waals surface area contributed by atoms with E-state index in [1.165, 1.54) is 45.2 Å². The molecule has 1 saturated heterocycles. The van der Waals surface area contributed by atoms with Crippen molar-refractivity contribution >= 4 is 41.5 Å². The number of halogens is 2. The van der Waals surface area contributed by atoms with E-state index in [0.717, 1.165) is 30.4 Å². The Kier molecular flexibility index (Phi) is 9.40. The van der Waals surface area contributed by atoms with Crippen molar-refractivity contribution in [2.45, 2.75) is 63.6 Å². The number of nitrogens with one attached hydrogen (secondary N) is 2. The molecule has 1 aromatic heterocycles. The second kappa shape index (κ2) is 12.0. The number of hydrogen-bond acceptors (Lipinski definition) is 5. The molecule has 1 aromatic carbocycles. The number of likely N-dealkylation sites (tertiary alicyclic amines) is 1. The summed E-state index contributed by atoms with van der Waals surface area (Å²) in [5.41, 5.74) is 0.877. The average molecular weight is 559 g/mol. The monoisotopic (exact) mass is 558 g/mol. The van der Waals surface area contributed by atoms with Gasteiger partial charge in [-0.25, -0.2) is 0 Å². The smallest absolute Gasteiger partial charge is 0.246 e. The lowest BCUT2D eigenvalue weighted by Gasteiger charge is -2.39. The molecule has 2 N–H and O–H groups in total. The SMILES string of the molecule is CN=C(NCc1nc(-c2ccc(Cl)cc2)no1)NC1CCN(C2CCCCC2)CC1.I. The summed E-state index contributed by atoms with van der Waals surface area (Å²) < 4.78 is 5.37. The van der Waals surface area contributed by atoms with Crippen LogP contribution in [0.5, 0.6) is 0 Å². The lowest BCUT2D eigenvalue weighted by atomic mass is 9.92. The van der Waals surface area contributed by atoms with Crippen LogP contribution in [0.25, 0.3) is 11.4 Å². The molecule has 2 aromatic rings. The number of guanidine groups is 1. The highest BCUT2D eigenvalue weighted by Crippen LogP contribution is 2.25. The number of nitrogens with zero attached hydrogens (tertiary/aromatic N) is 4. The summed E-state index contributed by atoms with van der Waals surface area (Å²) >= 11 is 5.94. The van der Waals surface area contributed by atoms with Crippen LogP contribution in [0.1, 0.15) is 50.8 Å². The van der Waals surface area contributed by atoms with Crippen LogP contribution in [0.4, 0.5) is 0 Å². The van der Waals surface area contributed by atoms with Gasteiger partial charge < -0.3 is 20.1 Å². The summed E-state index contributed by atoms with van der Waals surface area (Å²) in [7, 11) is 1.79. The fraction of sp³-hybridized carbons (Fsp3) is 0.591. The molecule has 7 nitrogen and oxygen atoms in total. The Balaban J connectivity index is 0.00000272. The van der Waals surface area contributed by atoms with Crippen LogP contribution in [0, 0.1) is 0 Å². The second-order valence-electron chi connectivity index (χ2n) is 8.19. The van der Waals surface area contributed by atoms with Gasteiger partial charge in [-0.05, 0) is 49.9 Å². The molecule has 2 heterocycles. The largest absolute Gasteiger partial charge is 0.354 e. The highest BCUT2D eigenvalue weighted by molar-refractivity contribution is 14.0. The summed E-state index contributed by atoms with van der Waals surface area (Å²) in [5, 5.41) is 11.6. The van der Waals surface area contributed by atoms with Gasteiger partial charge in [0.05, 0.1) is 6.54 Å². The number of benzene rings is 1. The Morgan fingerprint density at radius 1 is 1.13 bits per heavy atom. The van der Waals surface area contributed by atoms with Gasteiger partial charge in [0.25, 0.3) is 0 Å². The van der Waals surface area contributed by atoms with Crippen molar-refractivity contribution < 1.29 is 4.52 Å². The van der Waals surface area contributed by atoms with Gasteiger partial charge in [-0.3, -0.25) is 4.99 Å². The molecule has 0 bridgehead atoms. The summed E-state index contributed by atoms with van der Waals surface area (Å²) in [4.78, 5) is 11.5. The van der Waals surface area contributed by atoms with Gasteiger partial charge in [-0.15, -0.1) is 24.0 Å². The topological polar surface area (TPSA) is 78.6 Å². The molecule has 170 valence electrons. The number of rotatable bonds is 5. The molecular formula is C22H32ClIN6O. The molecule has 0 radical (unpaired) electrons. The summed E-state index contributed by atoms with van der Waals surface area (Å²) in [6.45, 7) is 2.78. The summed E-state index contributed by atoms with van der Waals surface area (Å²) in [6.07, 6.45) is 9.27. The zero-order chi connectivity index (χ0) is 20.8. The van der Waals surface area contributed by atoms with E-state index in [2.05, 4.69) is 30.7 Å². The molecule has 4 rings (SSSR count). The average Bonchev–Trinajstić information content (AvgIpc) is 3.27. The van der Waals surface area contributed by atoms with Crippen LogP contribution >= 0.6 is 35.6 Å². The molecule has 1 aliphatic carbocycles. The van der Waals surface area contributed by atoms with Gasteiger partial charge >= 0.3 is 0 Å². The number of aromatic nitrogens is 2. The molecule has 2 aliphatic rings. The first-order valence-electron chi connectivity index (χ1n) is 11.0. The van der Waals surface area contributed by atoms with E-state index in [9.17, 15) is 0 Å². The van der Waals surface area contributed by atoms with Crippen LogP contribution in [-0.2, 0) is 6.54 Å². The van der Waals surface area contributed by atoms with Crippen molar-refractivity contribution in [3.63, 3.8) is 0 Å². The van der Waals surface area contributed by atoms with Crippen molar-refractivity contribution in [1.29, 1.82) is 0 Å². The minimum Gasteiger partial charge on any atom is -0.354 e. The highest BCUT2D eigenvalue weighted by atomic mass is 127. The zero-order valence-corrected chi connectivity index (χ0v) is 21.1. The van der Waals surface area contributed by atoms with Crippen molar-refractivity contribution in [3.05, 3.63) is 35.2 Å². The Bertz CT molecular complexity index is 829. The summed E-state index contributed by atoms with van der Waals surface area (Å²) in [5.74, 6) is 1.86. The van der Waals surface area contributed by atoms with Gasteiger partial charge in [0, 0.05) is 42.8 Å². The predicted octanol–water partition coefficient (Wildman–Crippen LogP) is 4.47. The predicted molar refractivity (Wildman–Crippen MR) is 135 cm³/mol. The molecule has 0 atom stereocenters. The minimum atomic E-state index is 0. The maximum Gasteiger partial charge on any atom is 0.246 e. The molecule has 1 aliphatic heterocycles. The molecule has 0 unspecified atom stereocenters. The first-order chi connectivity index (χ1) is 14.7.